The minimum atomic E-state index is -0.246. The summed E-state index contributed by atoms with van der Waals surface area (Å²) in [5, 5.41) is 9.38. The minimum absolute atomic E-state index is 0.00307. The number of ketones is 1. The second-order valence-electron chi connectivity index (χ2n) is 10.6. The van der Waals surface area contributed by atoms with E-state index in [4.69, 9.17) is 0 Å². The van der Waals surface area contributed by atoms with E-state index >= 15 is 0 Å². The summed E-state index contributed by atoms with van der Waals surface area (Å²) < 4.78 is 0. The third-order valence-corrected chi connectivity index (χ3v) is 8.72. The van der Waals surface area contributed by atoms with Crippen LogP contribution in [0.1, 0.15) is 68.1 Å². The standard InChI is InChI=1S/C33H35N3O3S/c1-23(37)22-40-29-13-7-12-28(20-29)34-33(39)32(26-10-5-6-11-26)27-16-14-24(15-17-27)21-36-31(38)19-18-30(35-36)25-8-3-2-4-9-25/h2-4,7-9,12-17,20,26,32H,5-6,10-11,18-19,21-22H2,1H3,(H,34,39). The van der Waals surface area contributed by atoms with Crippen LogP contribution in [-0.4, -0.2) is 34.1 Å². The van der Waals surface area contributed by atoms with Gasteiger partial charge >= 0.3 is 0 Å². The van der Waals surface area contributed by atoms with Gasteiger partial charge in [-0.05, 0) is 60.6 Å². The number of amides is 2. The number of carbonyl (C=O) groups is 3. The number of hydrogen-bond acceptors (Lipinski definition) is 5. The summed E-state index contributed by atoms with van der Waals surface area (Å²) in [4.78, 5) is 38.6. The van der Waals surface area contributed by atoms with Gasteiger partial charge in [-0.3, -0.25) is 14.4 Å². The predicted molar refractivity (Wildman–Crippen MR) is 160 cm³/mol. The highest BCUT2D eigenvalue weighted by atomic mass is 32.2. The zero-order valence-corrected chi connectivity index (χ0v) is 23.7. The van der Waals surface area contributed by atoms with Crippen molar-refractivity contribution in [2.75, 3.05) is 11.1 Å². The van der Waals surface area contributed by atoms with Crippen molar-refractivity contribution in [2.24, 2.45) is 11.0 Å². The second kappa shape index (κ2) is 13.1. The molecule has 1 saturated carbocycles. The van der Waals surface area contributed by atoms with Crippen LogP contribution in [0, 0.1) is 5.92 Å². The van der Waals surface area contributed by atoms with Crippen LogP contribution in [0.25, 0.3) is 0 Å². The fourth-order valence-electron chi connectivity index (χ4n) is 5.56. The molecule has 1 atom stereocenters. The summed E-state index contributed by atoms with van der Waals surface area (Å²) in [6.45, 7) is 1.98. The predicted octanol–water partition coefficient (Wildman–Crippen LogP) is 6.81. The molecule has 5 rings (SSSR count). The van der Waals surface area contributed by atoms with Crippen molar-refractivity contribution < 1.29 is 14.4 Å². The molecule has 7 heteroatoms. The van der Waals surface area contributed by atoms with Crippen molar-refractivity contribution in [1.29, 1.82) is 0 Å². The van der Waals surface area contributed by atoms with E-state index in [0.29, 0.717) is 31.1 Å². The van der Waals surface area contributed by atoms with E-state index in [0.717, 1.165) is 58.7 Å². The highest BCUT2D eigenvalue weighted by Crippen LogP contribution is 2.38. The first-order chi connectivity index (χ1) is 19.5. The van der Waals surface area contributed by atoms with Gasteiger partial charge in [-0.1, -0.05) is 73.5 Å². The normalized spacial score (nSPS) is 16.5. The minimum Gasteiger partial charge on any atom is -0.326 e. The van der Waals surface area contributed by atoms with Crippen LogP contribution in [0.15, 0.2) is 88.9 Å². The number of anilines is 1. The number of Topliss-reactive ketones (excluding diaryl/α,β-unsaturated/α-hetero) is 1. The fraction of sp³-hybridized carbons (Fsp3) is 0.333. The van der Waals surface area contributed by atoms with Gasteiger partial charge in [0.1, 0.15) is 5.78 Å². The number of thioether (sulfide) groups is 1. The fourth-order valence-corrected chi connectivity index (χ4v) is 6.32. The largest absolute Gasteiger partial charge is 0.326 e. The molecular weight excluding hydrogens is 518 g/mol. The van der Waals surface area contributed by atoms with E-state index in [-0.39, 0.29) is 23.5 Å². The molecule has 0 aromatic heterocycles. The van der Waals surface area contributed by atoms with E-state index in [1.165, 1.54) is 11.8 Å². The van der Waals surface area contributed by atoms with Crippen LogP contribution in [-0.2, 0) is 20.9 Å². The Kier molecular flexibility index (Phi) is 9.12. The summed E-state index contributed by atoms with van der Waals surface area (Å²) in [6.07, 6.45) is 5.45. The maximum Gasteiger partial charge on any atom is 0.243 e. The Labute approximate surface area is 240 Å². The Morgan fingerprint density at radius 3 is 2.45 bits per heavy atom. The molecule has 3 aromatic carbocycles. The lowest BCUT2D eigenvalue weighted by Crippen LogP contribution is -2.31. The molecule has 2 amide bonds. The van der Waals surface area contributed by atoms with Crippen molar-refractivity contribution in [1.82, 2.24) is 5.01 Å². The van der Waals surface area contributed by atoms with E-state index in [1.807, 2.05) is 78.9 Å². The second-order valence-corrected chi connectivity index (χ2v) is 11.7. The number of nitrogens with zero attached hydrogens (tertiary/aromatic N) is 2. The summed E-state index contributed by atoms with van der Waals surface area (Å²) in [5.74, 6) is 0.605. The number of nitrogens with one attached hydrogen (secondary N) is 1. The highest BCUT2D eigenvalue weighted by molar-refractivity contribution is 8.00. The smallest absolute Gasteiger partial charge is 0.243 e. The molecule has 1 N–H and O–H groups in total. The Morgan fingerprint density at radius 2 is 1.73 bits per heavy atom. The van der Waals surface area contributed by atoms with E-state index in [9.17, 15) is 14.4 Å². The van der Waals surface area contributed by atoms with Crippen LogP contribution in [0.3, 0.4) is 0 Å². The number of benzene rings is 3. The molecule has 0 bridgehead atoms. The number of rotatable bonds is 10. The lowest BCUT2D eigenvalue weighted by atomic mass is 9.83. The van der Waals surface area contributed by atoms with Gasteiger partial charge < -0.3 is 5.32 Å². The van der Waals surface area contributed by atoms with E-state index < -0.39 is 0 Å². The first-order valence-corrected chi connectivity index (χ1v) is 15.0. The summed E-state index contributed by atoms with van der Waals surface area (Å²) in [5.41, 5.74) is 4.70. The molecule has 0 spiro atoms. The maximum absolute atomic E-state index is 13.7. The van der Waals surface area contributed by atoms with Gasteiger partial charge in [-0.25, -0.2) is 5.01 Å². The van der Waals surface area contributed by atoms with Gasteiger partial charge in [0.05, 0.1) is 23.9 Å². The van der Waals surface area contributed by atoms with E-state index in [2.05, 4.69) is 10.4 Å². The molecule has 0 radical (unpaired) electrons. The Morgan fingerprint density at radius 1 is 0.975 bits per heavy atom. The van der Waals surface area contributed by atoms with Gasteiger partial charge in [0.25, 0.3) is 0 Å². The summed E-state index contributed by atoms with van der Waals surface area (Å²) in [7, 11) is 0. The van der Waals surface area contributed by atoms with Gasteiger partial charge in [0.2, 0.25) is 11.8 Å². The lowest BCUT2D eigenvalue weighted by molar-refractivity contribution is -0.132. The molecule has 206 valence electrons. The first-order valence-electron chi connectivity index (χ1n) is 14.0. The number of hydrogen-bond donors (Lipinski definition) is 1. The van der Waals surface area contributed by atoms with Crippen LogP contribution in [0.4, 0.5) is 5.69 Å². The third kappa shape index (κ3) is 7.07. The quantitative estimate of drug-likeness (QED) is 0.280. The zero-order valence-electron chi connectivity index (χ0n) is 22.8. The van der Waals surface area contributed by atoms with Crippen molar-refractivity contribution in [3.8, 4) is 0 Å². The molecular formula is C33H35N3O3S. The van der Waals surface area contributed by atoms with Crippen molar-refractivity contribution in [3.63, 3.8) is 0 Å². The topological polar surface area (TPSA) is 78.8 Å². The molecule has 40 heavy (non-hydrogen) atoms. The molecule has 1 fully saturated rings. The van der Waals surface area contributed by atoms with E-state index in [1.54, 1.807) is 11.9 Å². The van der Waals surface area contributed by atoms with Crippen molar-refractivity contribution in [2.45, 2.75) is 62.8 Å². The summed E-state index contributed by atoms with van der Waals surface area (Å²) in [6, 6.07) is 25.8. The number of hydrazone groups is 1. The maximum atomic E-state index is 13.7. The molecule has 1 aliphatic carbocycles. The van der Waals surface area contributed by atoms with Crippen molar-refractivity contribution in [3.05, 3.63) is 95.6 Å². The van der Waals surface area contributed by atoms with Crippen LogP contribution in [0.5, 0.6) is 0 Å². The average molecular weight is 554 g/mol. The zero-order chi connectivity index (χ0) is 27.9. The van der Waals surface area contributed by atoms with Crippen LogP contribution < -0.4 is 5.32 Å². The van der Waals surface area contributed by atoms with Gasteiger partial charge in [-0.15, -0.1) is 11.8 Å². The molecule has 1 aliphatic heterocycles. The van der Waals surface area contributed by atoms with Crippen LogP contribution in [0.2, 0.25) is 0 Å². The van der Waals surface area contributed by atoms with Gasteiger partial charge in [0, 0.05) is 23.4 Å². The molecule has 1 heterocycles. The molecule has 1 unspecified atom stereocenters. The van der Waals surface area contributed by atoms with Gasteiger partial charge in [0.15, 0.2) is 0 Å². The molecule has 6 nitrogen and oxygen atoms in total. The monoisotopic (exact) mass is 553 g/mol. The Hall–Kier alpha value is -3.71. The number of carbonyl (C=O) groups excluding carboxylic acids is 3. The van der Waals surface area contributed by atoms with Gasteiger partial charge in [-0.2, -0.15) is 5.10 Å². The highest BCUT2D eigenvalue weighted by Gasteiger charge is 2.32. The Bertz CT molecular complexity index is 1380. The Balaban J connectivity index is 1.30. The third-order valence-electron chi connectivity index (χ3n) is 7.58. The van der Waals surface area contributed by atoms with Crippen molar-refractivity contribution >= 4 is 40.8 Å². The molecule has 2 aliphatic rings. The van der Waals surface area contributed by atoms with Crippen LogP contribution >= 0.6 is 11.8 Å². The molecule has 3 aromatic rings. The first kappa shape index (κ1) is 27.8. The lowest BCUT2D eigenvalue weighted by Gasteiger charge is -2.25. The summed E-state index contributed by atoms with van der Waals surface area (Å²) >= 11 is 1.48. The average Bonchev–Trinajstić information content (AvgIpc) is 3.49. The SMILES string of the molecule is CC(=O)CSc1cccc(NC(=O)C(c2ccc(CN3N=C(c4ccccc4)CCC3=O)cc2)C2CCCC2)c1. The molecule has 0 saturated heterocycles.